The van der Waals surface area contributed by atoms with Gasteiger partial charge in [-0.2, -0.15) is 0 Å². The highest BCUT2D eigenvalue weighted by molar-refractivity contribution is 6.06. The van der Waals surface area contributed by atoms with Crippen LogP contribution in [0.1, 0.15) is 27.9 Å². The van der Waals surface area contributed by atoms with Gasteiger partial charge in [0.1, 0.15) is 0 Å². The smallest absolute Gasteiger partial charge is 0.269 e. The van der Waals surface area contributed by atoms with E-state index in [1.54, 1.807) is 18.2 Å². The van der Waals surface area contributed by atoms with E-state index in [2.05, 4.69) is 0 Å². The molecule has 0 aliphatic carbocycles. The summed E-state index contributed by atoms with van der Waals surface area (Å²) in [6, 6.07) is 11.6. The quantitative estimate of drug-likeness (QED) is 0.492. The Bertz CT molecular complexity index is 827. The number of carbonyl (C=O) groups excluding carboxylic acids is 2. The lowest BCUT2D eigenvalue weighted by Crippen LogP contribution is -2.39. The summed E-state index contributed by atoms with van der Waals surface area (Å²) in [6.45, 7) is 1.87. The topological polar surface area (TPSA) is 80.5 Å². The van der Waals surface area contributed by atoms with Gasteiger partial charge in [0.15, 0.2) is 5.78 Å². The molecule has 6 nitrogen and oxygen atoms in total. The molecule has 0 saturated carbocycles. The Hall–Kier alpha value is -3.02. The molecule has 0 unspecified atom stereocenters. The Balaban J connectivity index is 1.88. The van der Waals surface area contributed by atoms with Gasteiger partial charge in [0.25, 0.3) is 5.69 Å². The van der Waals surface area contributed by atoms with Crippen molar-refractivity contribution in [1.29, 1.82) is 0 Å². The molecule has 2 aromatic rings. The first-order valence-electron chi connectivity index (χ1n) is 7.63. The van der Waals surface area contributed by atoms with E-state index in [0.717, 1.165) is 11.1 Å². The summed E-state index contributed by atoms with van der Waals surface area (Å²) in [5, 5.41) is 10.9. The number of fused-ring (bicyclic) bond motifs is 1. The average Bonchev–Trinajstić information content (AvgIpc) is 2.57. The maximum atomic E-state index is 12.5. The van der Waals surface area contributed by atoms with Crippen LogP contribution in [0.4, 0.5) is 11.4 Å². The zero-order chi connectivity index (χ0) is 17.3. The molecule has 0 aromatic heterocycles. The molecule has 0 atom stereocenters. The number of anilines is 1. The van der Waals surface area contributed by atoms with Crippen molar-refractivity contribution in [3.63, 3.8) is 0 Å². The van der Waals surface area contributed by atoms with Crippen LogP contribution >= 0.6 is 0 Å². The number of amides is 1. The minimum Gasteiger partial charge on any atom is -0.304 e. The number of aryl methyl sites for hydroxylation is 2. The third kappa shape index (κ3) is 3.03. The van der Waals surface area contributed by atoms with Gasteiger partial charge in [-0.15, -0.1) is 0 Å². The number of ketones is 1. The molecule has 1 heterocycles. The average molecular weight is 324 g/mol. The zero-order valence-corrected chi connectivity index (χ0v) is 13.2. The van der Waals surface area contributed by atoms with Gasteiger partial charge >= 0.3 is 0 Å². The monoisotopic (exact) mass is 324 g/mol. The van der Waals surface area contributed by atoms with Crippen molar-refractivity contribution in [2.75, 3.05) is 11.4 Å². The van der Waals surface area contributed by atoms with Gasteiger partial charge in [-0.1, -0.05) is 29.8 Å². The van der Waals surface area contributed by atoms with E-state index in [-0.39, 0.29) is 30.3 Å². The van der Waals surface area contributed by atoms with E-state index < -0.39 is 4.92 Å². The number of nitrogens with zero attached hydrogens (tertiary/aromatic N) is 2. The number of hydrogen-bond donors (Lipinski definition) is 0. The third-order valence-electron chi connectivity index (χ3n) is 4.15. The lowest BCUT2D eigenvalue weighted by molar-refractivity contribution is -0.384. The summed E-state index contributed by atoms with van der Waals surface area (Å²) in [7, 11) is 0. The predicted molar refractivity (Wildman–Crippen MR) is 89.3 cm³/mol. The van der Waals surface area contributed by atoms with Crippen molar-refractivity contribution in [2.45, 2.75) is 19.8 Å². The molecule has 122 valence electrons. The van der Waals surface area contributed by atoms with Crippen LogP contribution < -0.4 is 4.90 Å². The van der Waals surface area contributed by atoms with Crippen LogP contribution in [0.25, 0.3) is 0 Å². The zero-order valence-electron chi connectivity index (χ0n) is 13.2. The molecule has 6 heteroatoms. The number of rotatable bonds is 4. The highest BCUT2D eigenvalue weighted by Crippen LogP contribution is 2.31. The highest BCUT2D eigenvalue weighted by atomic mass is 16.6. The molecule has 0 radical (unpaired) electrons. The maximum Gasteiger partial charge on any atom is 0.269 e. The van der Waals surface area contributed by atoms with Crippen LogP contribution in [-0.2, 0) is 11.2 Å². The van der Waals surface area contributed by atoms with Crippen molar-refractivity contribution in [1.82, 2.24) is 0 Å². The molecule has 1 aliphatic rings. The van der Waals surface area contributed by atoms with E-state index in [4.69, 9.17) is 0 Å². The van der Waals surface area contributed by atoms with Crippen molar-refractivity contribution in [3.8, 4) is 0 Å². The number of nitro benzene ring substituents is 1. The lowest BCUT2D eigenvalue weighted by atomic mass is 9.99. The highest BCUT2D eigenvalue weighted by Gasteiger charge is 2.27. The van der Waals surface area contributed by atoms with Gasteiger partial charge in [0.05, 0.1) is 11.5 Å². The standard InChI is InChI=1S/C18H16N2O4/c1-12-2-4-13(5-3-12)17(21)11-19-16-8-7-15(20(23)24)10-14(16)6-9-18(19)22/h2-5,7-8,10H,6,9,11H2,1H3. The van der Waals surface area contributed by atoms with Crippen LogP contribution in [0.5, 0.6) is 0 Å². The first-order valence-corrected chi connectivity index (χ1v) is 7.63. The fourth-order valence-corrected chi connectivity index (χ4v) is 2.81. The molecule has 1 aliphatic heterocycles. The van der Waals surface area contributed by atoms with E-state index in [0.29, 0.717) is 17.7 Å². The number of non-ortho nitro benzene ring substituents is 1. The molecule has 1 amide bonds. The van der Waals surface area contributed by atoms with E-state index in [1.165, 1.54) is 17.0 Å². The molecule has 0 bridgehead atoms. The van der Waals surface area contributed by atoms with E-state index in [1.807, 2.05) is 19.1 Å². The molecular formula is C18H16N2O4. The normalized spacial score (nSPS) is 13.5. The Kier molecular flexibility index (Phi) is 4.12. The first-order chi connectivity index (χ1) is 11.5. The van der Waals surface area contributed by atoms with Gasteiger partial charge < -0.3 is 4.90 Å². The molecule has 0 saturated heterocycles. The predicted octanol–water partition coefficient (Wildman–Crippen LogP) is 3.07. The van der Waals surface area contributed by atoms with Crippen molar-refractivity contribution in [2.24, 2.45) is 0 Å². The summed E-state index contributed by atoms with van der Waals surface area (Å²) in [4.78, 5) is 36.5. The van der Waals surface area contributed by atoms with Gasteiger partial charge in [0.2, 0.25) is 5.91 Å². The molecule has 0 fully saturated rings. The van der Waals surface area contributed by atoms with Gasteiger partial charge in [-0.05, 0) is 25.0 Å². The second-order valence-corrected chi connectivity index (χ2v) is 5.84. The van der Waals surface area contributed by atoms with Gasteiger partial charge in [-0.3, -0.25) is 19.7 Å². The number of nitro groups is 1. The summed E-state index contributed by atoms with van der Waals surface area (Å²) in [5.41, 5.74) is 2.89. The van der Waals surface area contributed by atoms with Crippen molar-refractivity contribution < 1.29 is 14.5 Å². The van der Waals surface area contributed by atoms with Crippen molar-refractivity contribution >= 4 is 23.1 Å². The van der Waals surface area contributed by atoms with Gasteiger partial charge in [-0.25, -0.2) is 0 Å². The maximum absolute atomic E-state index is 12.5. The van der Waals surface area contributed by atoms with Crippen LogP contribution in [0, 0.1) is 17.0 Å². The molecule has 0 N–H and O–H groups in total. The Morgan fingerprint density at radius 3 is 2.54 bits per heavy atom. The SMILES string of the molecule is Cc1ccc(C(=O)CN2C(=O)CCc3cc([N+](=O)[O-])ccc32)cc1. The summed E-state index contributed by atoms with van der Waals surface area (Å²) in [6.07, 6.45) is 0.695. The van der Waals surface area contributed by atoms with Crippen molar-refractivity contribution in [3.05, 3.63) is 69.3 Å². The molecule has 24 heavy (non-hydrogen) atoms. The minimum absolute atomic E-state index is 0.00656. The second kappa shape index (κ2) is 6.23. The minimum atomic E-state index is -0.460. The molecule has 3 rings (SSSR count). The largest absolute Gasteiger partial charge is 0.304 e. The molecule has 0 spiro atoms. The number of carbonyl (C=O) groups is 2. The molecular weight excluding hydrogens is 308 g/mol. The number of hydrogen-bond acceptors (Lipinski definition) is 4. The summed E-state index contributed by atoms with van der Waals surface area (Å²) < 4.78 is 0. The van der Waals surface area contributed by atoms with E-state index in [9.17, 15) is 19.7 Å². The van der Waals surface area contributed by atoms with Crippen LogP contribution in [-0.4, -0.2) is 23.2 Å². The third-order valence-corrected chi connectivity index (χ3v) is 4.15. The Morgan fingerprint density at radius 2 is 1.88 bits per heavy atom. The first kappa shape index (κ1) is 15.9. The second-order valence-electron chi connectivity index (χ2n) is 5.84. The van der Waals surface area contributed by atoms with E-state index >= 15 is 0 Å². The Morgan fingerprint density at radius 1 is 1.17 bits per heavy atom. The van der Waals surface area contributed by atoms with Gasteiger partial charge in [0, 0.05) is 29.8 Å². The summed E-state index contributed by atoms with van der Waals surface area (Å²) >= 11 is 0. The molecule has 2 aromatic carbocycles. The summed E-state index contributed by atoms with van der Waals surface area (Å²) in [5.74, 6) is -0.300. The lowest BCUT2D eigenvalue weighted by Gasteiger charge is -2.28. The van der Waals surface area contributed by atoms with Crippen LogP contribution in [0.3, 0.4) is 0 Å². The number of benzene rings is 2. The van der Waals surface area contributed by atoms with Crippen LogP contribution in [0.2, 0.25) is 0 Å². The van der Waals surface area contributed by atoms with Crippen LogP contribution in [0.15, 0.2) is 42.5 Å². The fraction of sp³-hybridized carbons (Fsp3) is 0.222. The Labute approximate surface area is 138 Å². The number of Topliss-reactive ketones (excluding diaryl/α,β-unsaturated/α-hetero) is 1. The fourth-order valence-electron chi connectivity index (χ4n) is 2.81.